The van der Waals surface area contributed by atoms with Gasteiger partial charge in [0.2, 0.25) is 15.9 Å². The number of sulfonamides is 1. The molecule has 5 nitrogen and oxygen atoms in total. The van der Waals surface area contributed by atoms with Crippen molar-refractivity contribution in [3.63, 3.8) is 0 Å². The van der Waals surface area contributed by atoms with Gasteiger partial charge in [-0.15, -0.1) is 0 Å². The predicted octanol–water partition coefficient (Wildman–Crippen LogP) is 3.77. The largest absolute Gasteiger partial charge is 0.348 e. The van der Waals surface area contributed by atoms with Crippen LogP contribution in [0.2, 0.25) is 0 Å². The maximum absolute atomic E-state index is 12.7. The average molecular weight is 415 g/mol. The summed E-state index contributed by atoms with van der Waals surface area (Å²) in [4.78, 5) is 12.7. The lowest BCUT2D eigenvalue weighted by molar-refractivity contribution is -0.120. The zero-order valence-corrected chi connectivity index (χ0v) is 18.3. The number of hydrogen-bond acceptors (Lipinski definition) is 3. The fourth-order valence-electron chi connectivity index (χ4n) is 3.82. The van der Waals surface area contributed by atoms with Gasteiger partial charge in [-0.05, 0) is 73.4 Å². The molecule has 6 heteroatoms. The summed E-state index contributed by atoms with van der Waals surface area (Å²) in [6.45, 7) is 3.74. The molecule has 2 aromatic rings. The molecule has 29 heavy (non-hydrogen) atoms. The molecule has 3 rings (SSSR count). The van der Waals surface area contributed by atoms with Gasteiger partial charge in [-0.2, -0.15) is 0 Å². The van der Waals surface area contributed by atoms with E-state index in [1.807, 2.05) is 26.0 Å². The number of hydrogen-bond donors (Lipinski definition) is 1. The molecule has 1 aliphatic rings. The van der Waals surface area contributed by atoms with Crippen molar-refractivity contribution in [2.45, 2.75) is 52.0 Å². The third-order valence-corrected chi connectivity index (χ3v) is 6.71. The maximum atomic E-state index is 12.7. The SMILES string of the molecule is CCc1ccc(N(CC(=O)N[C@@H](C)c2ccc3c(c2)CCCC3)S(C)(=O)=O)cc1. The lowest BCUT2D eigenvalue weighted by Gasteiger charge is -2.24. The molecular formula is C23H30N2O3S. The van der Waals surface area contributed by atoms with Gasteiger partial charge in [0.15, 0.2) is 0 Å². The monoisotopic (exact) mass is 414 g/mol. The van der Waals surface area contributed by atoms with E-state index in [0.717, 1.165) is 41.0 Å². The first kappa shape index (κ1) is 21.4. The molecule has 0 radical (unpaired) electrons. The van der Waals surface area contributed by atoms with Crippen molar-refractivity contribution in [1.82, 2.24) is 5.32 Å². The fourth-order valence-corrected chi connectivity index (χ4v) is 4.68. The maximum Gasteiger partial charge on any atom is 0.241 e. The smallest absolute Gasteiger partial charge is 0.241 e. The van der Waals surface area contributed by atoms with Gasteiger partial charge in [0.1, 0.15) is 6.54 Å². The number of nitrogens with one attached hydrogen (secondary N) is 1. The molecule has 1 amide bonds. The van der Waals surface area contributed by atoms with Crippen molar-refractivity contribution in [3.05, 3.63) is 64.7 Å². The van der Waals surface area contributed by atoms with Gasteiger partial charge in [-0.1, -0.05) is 37.3 Å². The summed E-state index contributed by atoms with van der Waals surface area (Å²) >= 11 is 0. The summed E-state index contributed by atoms with van der Waals surface area (Å²) in [6, 6.07) is 13.5. The second-order valence-electron chi connectivity index (χ2n) is 7.81. The molecule has 1 N–H and O–H groups in total. The number of carbonyl (C=O) groups is 1. The zero-order valence-electron chi connectivity index (χ0n) is 17.4. The van der Waals surface area contributed by atoms with Gasteiger partial charge in [0, 0.05) is 0 Å². The van der Waals surface area contributed by atoms with E-state index in [9.17, 15) is 13.2 Å². The first-order chi connectivity index (χ1) is 13.8. The number of amides is 1. The highest BCUT2D eigenvalue weighted by molar-refractivity contribution is 7.92. The lowest BCUT2D eigenvalue weighted by Crippen LogP contribution is -2.41. The van der Waals surface area contributed by atoms with E-state index >= 15 is 0 Å². The number of rotatable bonds is 7. The third kappa shape index (κ3) is 5.38. The molecule has 0 unspecified atom stereocenters. The van der Waals surface area contributed by atoms with E-state index in [4.69, 9.17) is 0 Å². The number of benzene rings is 2. The highest BCUT2D eigenvalue weighted by Crippen LogP contribution is 2.25. The third-order valence-electron chi connectivity index (χ3n) is 5.57. The number of aryl methyl sites for hydroxylation is 3. The predicted molar refractivity (Wildman–Crippen MR) is 118 cm³/mol. The van der Waals surface area contributed by atoms with Crippen LogP contribution in [-0.2, 0) is 34.1 Å². The van der Waals surface area contributed by atoms with E-state index in [2.05, 4.69) is 23.5 Å². The van der Waals surface area contributed by atoms with Crippen molar-refractivity contribution in [3.8, 4) is 0 Å². The normalized spacial score (nSPS) is 14.7. The Morgan fingerprint density at radius 2 is 1.72 bits per heavy atom. The minimum absolute atomic E-state index is 0.182. The zero-order chi connectivity index (χ0) is 21.0. The number of anilines is 1. The van der Waals surface area contributed by atoms with E-state index in [1.54, 1.807) is 12.1 Å². The number of nitrogens with zero attached hydrogens (tertiary/aromatic N) is 1. The van der Waals surface area contributed by atoms with Gasteiger partial charge in [-0.3, -0.25) is 9.10 Å². The molecule has 0 heterocycles. The van der Waals surface area contributed by atoms with E-state index in [1.165, 1.54) is 24.0 Å². The Labute approximate surface area is 174 Å². The van der Waals surface area contributed by atoms with Crippen molar-refractivity contribution in [1.29, 1.82) is 0 Å². The second kappa shape index (κ2) is 8.99. The molecule has 1 aliphatic carbocycles. The van der Waals surface area contributed by atoms with Crippen LogP contribution in [-0.4, -0.2) is 27.1 Å². The van der Waals surface area contributed by atoms with Crippen LogP contribution in [0.5, 0.6) is 0 Å². The van der Waals surface area contributed by atoms with Crippen LogP contribution in [0, 0.1) is 0 Å². The molecule has 0 aromatic heterocycles. The van der Waals surface area contributed by atoms with Crippen molar-refractivity contribution in [2.24, 2.45) is 0 Å². The van der Waals surface area contributed by atoms with E-state index in [-0.39, 0.29) is 18.5 Å². The van der Waals surface area contributed by atoms with Crippen molar-refractivity contribution in [2.75, 3.05) is 17.1 Å². The summed E-state index contributed by atoms with van der Waals surface area (Å²) in [7, 11) is -3.57. The molecule has 156 valence electrons. The first-order valence-corrected chi connectivity index (χ1v) is 12.1. The molecule has 0 saturated heterocycles. The van der Waals surface area contributed by atoms with Gasteiger partial charge < -0.3 is 5.32 Å². The lowest BCUT2D eigenvalue weighted by atomic mass is 9.89. The molecular weight excluding hydrogens is 384 g/mol. The summed E-state index contributed by atoms with van der Waals surface area (Å²) < 4.78 is 25.7. The molecule has 2 aromatic carbocycles. The molecule has 0 spiro atoms. The quantitative estimate of drug-likeness (QED) is 0.750. The summed E-state index contributed by atoms with van der Waals surface area (Å²) in [5, 5.41) is 2.95. The van der Waals surface area contributed by atoms with Crippen LogP contribution in [0.1, 0.15) is 55.0 Å². The standard InChI is InChI=1S/C23H30N2O3S/c1-4-18-9-13-22(14-10-18)25(29(3,27)28)16-23(26)24-17(2)20-12-11-19-7-5-6-8-21(19)15-20/h9-15,17H,4-8,16H2,1-3H3,(H,24,26)/t17-/m0/s1. The summed E-state index contributed by atoms with van der Waals surface area (Å²) in [6.07, 6.45) is 6.64. The van der Waals surface area contributed by atoms with Crippen LogP contribution in [0.15, 0.2) is 42.5 Å². The summed E-state index contributed by atoms with van der Waals surface area (Å²) in [5.41, 5.74) is 5.44. The Kier molecular flexibility index (Phi) is 6.63. The van der Waals surface area contributed by atoms with Crippen molar-refractivity contribution < 1.29 is 13.2 Å². The highest BCUT2D eigenvalue weighted by atomic mass is 32.2. The van der Waals surface area contributed by atoms with Gasteiger partial charge in [-0.25, -0.2) is 8.42 Å². The molecule has 0 bridgehead atoms. The Balaban J connectivity index is 1.71. The topological polar surface area (TPSA) is 66.5 Å². The molecule has 0 aliphatic heterocycles. The minimum atomic E-state index is -3.57. The first-order valence-electron chi connectivity index (χ1n) is 10.3. The van der Waals surface area contributed by atoms with Crippen LogP contribution in [0.4, 0.5) is 5.69 Å². The van der Waals surface area contributed by atoms with E-state index < -0.39 is 10.0 Å². The van der Waals surface area contributed by atoms with Gasteiger partial charge in [0.25, 0.3) is 0 Å². The Morgan fingerprint density at radius 1 is 1.07 bits per heavy atom. The van der Waals surface area contributed by atoms with Crippen LogP contribution in [0.3, 0.4) is 0 Å². The Hall–Kier alpha value is -2.34. The van der Waals surface area contributed by atoms with Crippen LogP contribution >= 0.6 is 0 Å². The Bertz CT molecular complexity index is 968. The van der Waals surface area contributed by atoms with Crippen LogP contribution in [0.25, 0.3) is 0 Å². The van der Waals surface area contributed by atoms with Gasteiger partial charge in [0.05, 0.1) is 18.0 Å². The summed E-state index contributed by atoms with van der Waals surface area (Å²) in [5.74, 6) is -0.319. The fraction of sp³-hybridized carbons (Fsp3) is 0.435. The van der Waals surface area contributed by atoms with Crippen LogP contribution < -0.4 is 9.62 Å². The number of fused-ring (bicyclic) bond motifs is 1. The number of carbonyl (C=O) groups excluding carboxylic acids is 1. The molecule has 0 fully saturated rings. The van der Waals surface area contributed by atoms with E-state index in [0.29, 0.717) is 5.69 Å². The molecule has 0 saturated carbocycles. The van der Waals surface area contributed by atoms with Gasteiger partial charge >= 0.3 is 0 Å². The average Bonchev–Trinajstić information content (AvgIpc) is 2.71. The highest BCUT2D eigenvalue weighted by Gasteiger charge is 2.22. The minimum Gasteiger partial charge on any atom is -0.348 e. The molecule has 1 atom stereocenters. The van der Waals surface area contributed by atoms with Crippen molar-refractivity contribution >= 4 is 21.6 Å². The Morgan fingerprint density at radius 3 is 2.34 bits per heavy atom. The second-order valence-corrected chi connectivity index (χ2v) is 9.72.